The zero-order valence-electron chi connectivity index (χ0n) is 11.3. The second-order valence-electron chi connectivity index (χ2n) is 4.59. The molecule has 1 heterocycles. The van der Waals surface area contributed by atoms with Crippen molar-refractivity contribution in [1.29, 1.82) is 0 Å². The van der Waals surface area contributed by atoms with E-state index in [0.717, 1.165) is 31.6 Å². The number of hydrogen-bond donors (Lipinski definition) is 2. The van der Waals surface area contributed by atoms with Gasteiger partial charge < -0.3 is 11.1 Å². The summed E-state index contributed by atoms with van der Waals surface area (Å²) in [6.07, 6.45) is 3.39. The Kier molecular flexibility index (Phi) is 4.72. The summed E-state index contributed by atoms with van der Waals surface area (Å²) in [5.74, 6) is 2.02. The van der Waals surface area contributed by atoms with Crippen LogP contribution in [0.2, 0.25) is 0 Å². The summed E-state index contributed by atoms with van der Waals surface area (Å²) in [4.78, 5) is 8.33. The molecule has 0 unspecified atom stereocenters. The van der Waals surface area contributed by atoms with Gasteiger partial charge in [-0.2, -0.15) is 0 Å². The van der Waals surface area contributed by atoms with E-state index in [0.29, 0.717) is 11.6 Å². The van der Waals surface area contributed by atoms with Crippen molar-refractivity contribution in [2.75, 3.05) is 17.6 Å². The summed E-state index contributed by atoms with van der Waals surface area (Å²) in [5, 5.41) is 3.28. The van der Waals surface area contributed by atoms with Crippen LogP contribution in [0.3, 0.4) is 0 Å². The Morgan fingerprint density at radius 2 is 1.89 bits per heavy atom. The van der Waals surface area contributed by atoms with Gasteiger partial charge in [0, 0.05) is 12.6 Å². The summed E-state index contributed by atoms with van der Waals surface area (Å²) in [7, 11) is 0. The first-order chi connectivity index (χ1) is 9.24. The summed E-state index contributed by atoms with van der Waals surface area (Å²) >= 11 is 0. The molecule has 0 saturated carbocycles. The van der Waals surface area contributed by atoms with Gasteiger partial charge in [0.15, 0.2) is 0 Å². The number of anilines is 2. The molecular formula is C15H20N4. The molecule has 0 fully saturated rings. The van der Waals surface area contributed by atoms with Crippen LogP contribution in [0.4, 0.5) is 11.6 Å². The molecule has 0 aliphatic heterocycles. The van der Waals surface area contributed by atoms with Crippen molar-refractivity contribution in [3.05, 3.63) is 47.8 Å². The molecule has 0 saturated heterocycles. The Bertz CT molecular complexity index is 491. The Hall–Kier alpha value is -2.10. The number of hydrogen-bond acceptors (Lipinski definition) is 4. The van der Waals surface area contributed by atoms with Crippen LogP contribution < -0.4 is 11.1 Å². The van der Waals surface area contributed by atoms with Crippen LogP contribution >= 0.6 is 0 Å². The van der Waals surface area contributed by atoms with E-state index in [1.807, 2.05) is 13.0 Å². The second-order valence-corrected chi connectivity index (χ2v) is 4.59. The van der Waals surface area contributed by atoms with Crippen molar-refractivity contribution >= 4 is 11.6 Å². The quantitative estimate of drug-likeness (QED) is 0.780. The van der Waals surface area contributed by atoms with Gasteiger partial charge in [0.1, 0.15) is 17.5 Å². The Morgan fingerprint density at radius 3 is 2.63 bits per heavy atom. The molecule has 0 atom stereocenters. The first kappa shape index (κ1) is 13.3. The zero-order chi connectivity index (χ0) is 13.5. The molecule has 2 rings (SSSR count). The predicted octanol–water partition coefficient (Wildman–Crippen LogP) is 2.80. The van der Waals surface area contributed by atoms with E-state index in [9.17, 15) is 0 Å². The fourth-order valence-corrected chi connectivity index (χ4v) is 2.00. The standard InChI is InChI=1S/C15H20N4/c1-12-18-14(16)11-15(19-12)17-10-6-5-9-13-7-3-2-4-8-13/h2-4,7-8,11H,5-6,9-10H2,1H3,(H3,16,17,18,19). The van der Waals surface area contributed by atoms with E-state index < -0.39 is 0 Å². The maximum atomic E-state index is 5.67. The first-order valence-electron chi connectivity index (χ1n) is 6.63. The maximum absolute atomic E-state index is 5.67. The summed E-state index contributed by atoms with van der Waals surface area (Å²) < 4.78 is 0. The minimum absolute atomic E-state index is 0.513. The van der Waals surface area contributed by atoms with Crippen LogP contribution in [0.1, 0.15) is 24.2 Å². The lowest BCUT2D eigenvalue weighted by molar-refractivity contribution is 0.761. The molecule has 19 heavy (non-hydrogen) atoms. The van der Waals surface area contributed by atoms with Gasteiger partial charge in [0.25, 0.3) is 0 Å². The SMILES string of the molecule is Cc1nc(N)cc(NCCCCc2ccccc2)n1. The number of benzene rings is 1. The molecule has 0 aliphatic carbocycles. The van der Waals surface area contributed by atoms with Gasteiger partial charge in [-0.15, -0.1) is 0 Å². The van der Waals surface area contributed by atoms with E-state index >= 15 is 0 Å². The summed E-state index contributed by atoms with van der Waals surface area (Å²) in [6.45, 7) is 2.75. The van der Waals surface area contributed by atoms with E-state index in [1.54, 1.807) is 6.07 Å². The van der Waals surface area contributed by atoms with Gasteiger partial charge in [0.2, 0.25) is 0 Å². The average Bonchev–Trinajstić information content (AvgIpc) is 2.38. The Labute approximate surface area is 114 Å². The zero-order valence-corrected chi connectivity index (χ0v) is 11.3. The van der Waals surface area contributed by atoms with Crippen molar-refractivity contribution in [2.24, 2.45) is 0 Å². The first-order valence-corrected chi connectivity index (χ1v) is 6.63. The second kappa shape index (κ2) is 6.73. The minimum Gasteiger partial charge on any atom is -0.384 e. The number of aromatic nitrogens is 2. The van der Waals surface area contributed by atoms with Crippen molar-refractivity contribution in [3.63, 3.8) is 0 Å². The number of rotatable bonds is 6. The molecule has 100 valence electrons. The molecule has 4 heteroatoms. The van der Waals surface area contributed by atoms with Crippen molar-refractivity contribution in [2.45, 2.75) is 26.2 Å². The Balaban J connectivity index is 1.69. The van der Waals surface area contributed by atoms with Crippen LogP contribution in [-0.4, -0.2) is 16.5 Å². The van der Waals surface area contributed by atoms with Gasteiger partial charge in [-0.1, -0.05) is 30.3 Å². The maximum Gasteiger partial charge on any atom is 0.131 e. The molecule has 1 aromatic heterocycles. The van der Waals surface area contributed by atoms with Crippen molar-refractivity contribution < 1.29 is 0 Å². The molecule has 0 amide bonds. The largest absolute Gasteiger partial charge is 0.384 e. The number of aryl methyl sites for hydroxylation is 2. The fourth-order valence-electron chi connectivity index (χ4n) is 2.00. The monoisotopic (exact) mass is 256 g/mol. The fraction of sp³-hybridized carbons (Fsp3) is 0.333. The third-order valence-electron chi connectivity index (χ3n) is 2.90. The normalized spacial score (nSPS) is 10.4. The van der Waals surface area contributed by atoms with Crippen LogP contribution in [0, 0.1) is 6.92 Å². The molecule has 2 aromatic rings. The van der Waals surface area contributed by atoms with Crippen LogP contribution in [0.15, 0.2) is 36.4 Å². The van der Waals surface area contributed by atoms with E-state index in [1.165, 1.54) is 5.56 Å². The number of nitrogen functional groups attached to an aromatic ring is 1. The molecule has 0 aliphatic rings. The van der Waals surface area contributed by atoms with Crippen LogP contribution in [-0.2, 0) is 6.42 Å². The Morgan fingerprint density at radius 1 is 1.11 bits per heavy atom. The average molecular weight is 256 g/mol. The molecule has 4 nitrogen and oxygen atoms in total. The minimum atomic E-state index is 0.513. The van der Waals surface area contributed by atoms with E-state index in [2.05, 4.69) is 39.6 Å². The molecule has 3 N–H and O–H groups in total. The molecule has 0 bridgehead atoms. The van der Waals surface area contributed by atoms with E-state index in [-0.39, 0.29) is 0 Å². The molecule has 0 radical (unpaired) electrons. The number of unbranched alkanes of at least 4 members (excludes halogenated alkanes) is 1. The van der Waals surface area contributed by atoms with Gasteiger partial charge >= 0.3 is 0 Å². The highest BCUT2D eigenvalue weighted by Gasteiger charge is 1.98. The number of nitrogens with zero attached hydrogens (tertiary/aromatic N) is 2. The highest BCUT2D eigenvalue weighted by Crippen LogP contribution is 2.09. The van der Waals surface area contributed by atoms with Gasteiger partial charge in [-0.05, 0) is 31.7 Å². The molecule has 1 aromatic carbocycles. The lowest BCUT2D eigenvalue weighted by Crippen LogP contribution is -2.06. The van der Waals surface area contributed by atoms with Crippen LogP contribution in [0.25, 0.3) is 0 Å². The lowest BCUT2D eigenvalue weighted by atomic mass is 10.1. The van der Waals surface area contributed by atoms with Gasteiger partial charge in [-0.3, -0.25) is 0 Å². The topological polar surface area (TPSA) is 63.8 Å². The third kappa shape index (κ3) is 4.58. The van der Waals surface area contributed by atoms with Gasteiger partial charge in [0.05, 0.1) is 0 Å². The molecule has 0 spiro atoms. The van der Waals surface area contributed by atoms with Crippen molar-refractivity contribution in [1.82, 2.24) is 9.97 Å². The third-order valence-corrected chi connectivity index (χ3v) is 2.90. The summed E-state index contributed by atoms with van der Waals surface area (Å²) in [5.41, 5.74) is 7.07. The highest BCUT2D eigenvalue weighted by molar-refractivity contribution is 5.44. The summed E-state index contributed by atoms with van der Waals surface area (Å²) in [6, 6.07) is 12.3. The lowest BCUT2D eigenvalue weighted by Gasteiger charge is -2.07. The number of nitrogens with two attached hydrogens (primary N) is 1. The smallest absolute Gasteiger partial charge is 0.131 e. The molecular weight excluding hydrogens is 236 g/mol. The number of nitrogens with one attached hydrogen (secondary N) is 1. The van der Waals surface area contributed by atoms with E-state index in [4.69, 9.17) is 5.73 Å². The predicted molar refractivity (Wildman–Crippen MR) is 79.1 cm³/mol. The van der Waals surface area contributed by atoms with Crippen molar-refractivity contribution in [3.8, 4) is 0 Å². The van der Waals surface area contributed by atoms with Crippen LogP contribution in [0.5, 0.6) is 0 Å². The highest BCUT2D eigenvalue weighted by atomic mass is 15.0. The van der Waals surface area contributed by atoms with Gasteiger partial charge in [-0.25, -0.2) is 9.97 Å².